The number of fused-ring (bicyclic) bond motifs is 1. The van der Waals surface area contributed by atoms with Crippen molar-refractivity contribution in [2.24, 2.45) is 0 Å². The molecule has 0 aliphatic heterocycles. The van der Waals surface area contributed by atoms with E-state index in [4.69, 9.17) is 0 Å². The first kappa shape index (κ1) is 8.99. The second kappa shape index (κ2) is 2.97. The van der Waals surface area contributed by atoms with E-state index in [2.05, 4.69) is 41.2 Å². The van der Waals surface area contributed by atoms with Crippen molar-refractivity contribution in [3.05, 3.63) is 24.0 Å². The average Bonchev–Trinajstić information content (AvgIpc) is 2.15. The highest BCUT2D eigenvalue weighted by molar-refractivity contribution is 5.76. The zero-order chi connectivity index (χ0) is 10.2. The standard InChI is InChI=1S/C10H12N4/c1-10(2,3)9-8-7(12-14-13-9)5-4-6-11-8/h4-6H,1-3H3. The van der Waals surface area contributed by atoms with E-state index < -0.39 is 0 Å². The maximum atomic E-state index is 4.28. The minimum atomic E-state index is -0.0530. The molecule has 0 spiro atoms. The van der Waals surface area contributed by atoms with Gasteiger partial charge in [-0.05, 0) is 17.3 Å². The Morgan fingerprint density at radius 1 is 1.14 bits per heavy atom. The summed E-state index contributed by atoms with van der Waals surface area (Å²) in [5.41, 5.74) is 2.48. The fourth-order valence-electron chi connectivity index (χ4n) is 1.33. The highest BCUT2D eigenvalue weighted by atomic mass is 15.3. The zero-order valence-electron chi connectivity index (χ0n) is 8.52. The minimum Gasteiger partial charge on any atom is -0.253 e. The molecule has 4 nitrogen and oxygen atoms in total. The van der Waals surface area contributed by atoms with Crippen LogP contribution in [0, 0.1) is 0 Å². The summed E-state index contributed by atoms with van der Waals surface area (Å²) < 4.78 is 0. The molecule has 2 aromatic heterocycles. The summed E-state index contributed by atoms with van der Waals surface area (Å²) in [4.78, 5) is 4.28. The molecule has 0 fully saturated rings. The molecule has 0 bridgehead atoms. The van der Waals surface area contributed by atoms with Gasteiger partial charge in [-0.15, -0.1) is 10.2 Å². The molecule has 0 amide bonds. The Hall–Kier alpha value is -1.58. The SMILES string of the molecule is CC(C)(C)c1nnnc2cccnc12. The summed E-state index contributed by atoms with van der Waals surface area (Å²) >= 11 is 0. The van der Waals surface area contributed by atoms with Gasteiger partial charge in [-0.3, -0.25) is 4.98 Å². The number of aromatic nitrogens is 4. The fraction of sp³-hybridized carbons (Fsp3) is 0.400. The third-order valence-corrected chi connectivity index (χ3v) is 2.02. The van der Waals surface area contributed by atoms with Gasteiger partial charge in [0.1, 0.15) is 11.0 Å². The number of rotatable bonds is 0. The van der Waals surface area contributed by atoms with Gasteiger partial charge in [0.25, 0.3) is 0 Å². The summed E-state index contributed by atoms with van der Waals surface area (Å²) in [5.74, 6) is 0. The van der Waals surface area contributed by atoms with E-state index in [-0.39, 0.29) is 5.41 Å². The van der Waals surface area contributed by atoms with Crippen molar-refractivity contribution in [1.82, 2.24) is 20.4 Å². The molecular formula is C10H12N4. The molecule has 2 heterocycles. The summed E-state index contributed by atoms with van der Waals surface area (Å²) in [7, 11) is 0. The maximum absolute atomic E-state index is 4.28. The third-order valence-electron chi connectivity index (χ3n) is 2.02. The molecule has 0 aromatic carbocycles. The van der Waals surface area contributed by atoms with E-state index in [1.807, 2.05) is 12.1 Å². The van der Waals surface area contributed by atoms with Gasteiger partial charge in [0.2, 0.25) is 0 Å². The highest BCUT2D eigenvalue weighted by Gasteiger charge is 2.20. The quantitative estimate of drug-likeness (QED) is 0.631. The largest absolute Gasteiger partial charge is 0.253 e. The van der Waals surface area contributed by atoms with Crippen LogP contribution >= 0.6 is 0 Å². The Kier molecular flexibility index (Phi) is 1.91. The molecule has 4 heteroatoms. The predicted molar refractivity (Wildman–Crippen MR) is 53.8 cm³/mol. The molecule has 0 N–H and O–H groups in total. The van der Waals surface area contributed by atoms with Crippen molar-refractivity contribution >= 4 is 11.0 Å². The second-order valence-corrected chi connectivity index (χ2v) is 4.26. The normalized spacial score (nSPS) is 11.9. The first-order valence-corrected chi connectivity index (χ1v) is 4.53. The lowest BCUT2D eigenvalue weighted by Gasteiger charge is -2.17. The molecule has 0 aliphatic rings. The van der Waals surface area contributed by atoms with Crippen LogP contribution in [-0.4, -0.2) is 20.4 Å². The number of nitrogens with zero attached hydrogens (tertiary/aromatic N) is 4. The van der Waals surface area contributed by atoms with Crippen LogP contribution in [0.1, 0.15) is 26.5 Å². The van der Waals surface area contributed by atoms with Crippen LogP contribution in [0.15, 0.2) is 18.3 Å². The molecule has 2 rings (SSSR count). The number of hydrogen-bond donors (Lipinski definition) is 0. The zero-order valence-corrected chi connectivity index (χ0v) is 8.52. The van der Waals surface area contributed by atoms with Gasteiger partial charge in [0.05, 0.1) is 5.69 Å². The van der Waals surface area contributed by atoms with E-state index in [0.717, 1.165) is 16.7 Å². The maximum Gasteiger partial charge on any atom is 0.115 e. The average molecular weight is 188 g/mol. The Balaban J connectivity index is 2.78. The molecule has 0 saturated carbocycles. The van der Waals surface area contributed by atoms with Gasteiger partial charge < -0.3 is 0 Å². The van der Waals surface area contributed by atoms with Crippen molar-refractivity contribution in [3.8, 4) is 0 Å². The van der Waals surface area contributed by atoms with Crippen LogP contribution in [0.3, 0.4) is 0 Å². The molecule has 0 saturated heterocycles. The Bertz CT molecular complexity index is 454. The van der Waals surface area contributed by atoms with Crippen LogP contribution in [-0.2, 0) is 5.41 Å². The van der Waals surface area contributed by atoms with Gasteiger partial charge in [-0.2, -0.15) is 0 Å². The van der Waals surface area contributed by atoms with Crippen LogP contribution in [0.4, 0.5) is 0 Å². The van der Waals surface area contributed by atoms with E-state index in [1.54, 1.807) is 6.20 Å². The molecule has 72 valence electrons. The van der Waals surface area contributed by atoms with E-state index >= 15 is 0 Å². The first-order valence-electron chi connectivity index (χ1n) is 4.53. The fourth-order valence-corrected chi connectivity index (χ4v) is 1.33. The number of pyridine rings is 1. The molecule has 14 heavy (non-hydrogen) atoms. The summed E-state index contributed by atoms with van der Waals surface area (Å²) in [6.45, 7) is 6.27. The predicted octanol–water partition coefficient (Wildman–Crippen LogP) is 1.72. The molecular weight excluding hydrogens is 176 g/mol. The van der Waals surface area contributed by atoms with Crippen LogP contribution < -0.4 is 0 Å². The van der Waals surface area contributed by atoms with Gasteiger partial charge in [-0.25, -0.2) is 0 Å². The lowest BCUT2D eigenvalue weighted by atomic mass is 9.91. The minimum absolute atomic E-state index is 0.0530. The molecule has 0 aliphatic carbocycles. The topological polar surface area (TPSA) is 51.6 Å². The van der Waals surface area contributed by atoms with Gasteiger partial charge >= 0.3 is 0 Å². The van der Waals surface area contributed by atoms with E-state index in [1.165, 1.54) is 0 Å². The summed E-state index contributed by atoms with van der Waals surface area (Å²) in [6.07, 6.45) is 1.75. The molecule has 0 radical (unpaired) electrons. The van der Waals surface area contributed by atoms with Crippen molar-refractivity contribution in [2.75, 3.05) is 0 Å². The third kappa shape index (κ3) is 1.43. The van der Waals surface area contributed by atoms with Crippen LogP contribution in [0.25, 0.3) is 11.0 Å². The first-order chi connectivity index (χ1) is 6.59. The summed E-state index contributed by atoms with van der Waals surface area (Å²) in [5, 5.41) is 11.7. The molecule has 2 aromatic rings. The van der Waals surface area contributed by atoms with Gasteiger partial charge in [0.15, 0.2) is 0 Å². The van der Waals surface area contributed by atoms with E-state index in [9.17, 15) is 0 Å². The molecule has 0 unspecified atom stereocenters. The highest BCUT2D eigenvalue weighted by Crippen LogP contribution is 2.24. The summed E-state index contributed by atoms with van der Waals surface area (Å²) in [6, 6.07) is 3.75. The van der Waals surface area contributed by atoms with Gasteiger partial charge in [0, 0.05) is 11.6 Å². The Morgan fingerprint density at radius 3 is 2.64 bits per heavy atom. The molecule has 0 atom stereocenters. The lowest BCUT2D eigenvalue weighted by molar-refractivity contribution is 0.558. The Labute approximate surface area is 82.4 Å². The second-order valence-electron chi connectivity index (χ2n) is 4.26. The smallest absolute Gasteiger partial charge is 0.115 e. The Morgan fingerprint density at radius 2 is 1.93 bits per heavy atom. The van der Waals surface area contributed by atoms with Gasteiger partial charge in [-0.1, -0.05) is 20.8 Å². The van der Waals surface area contributed by atoms with Crippen molar-refractivity contribution in [1.29, 1.82) is 0 Å². The van der Waals surface area contributed by atoms with Crippen molar-refractivity contribution < 1.29 is 0 Å². The van der Waals surface area contributed by atoms with Crippen LogP contribution in [0.5, 0.6) is 0 Å². The number of hydrogen-bond acceptors (Lipinski definition) is 4. The van der Waals surface area contributed by atoms with E-state index in [0.29, 0.717) is 0 Å². The van der Waals surface area contributed by atoms with Crippen molar-refractivity contribution in [3.63, 3.8) is 0 Å². The van der Waals surface area contributed by atoms with Crippen molar-refractivity contribution in [2.45, 2.75) is 26.2 Å². The monoisotopic (exact) mass is 188 g/mol. The van der Waals surface area contributed by atoms with Crippen LogP contribution in [0.2, 0.25) is 0 Å². The lowest BCUT2D eigenvalue weighted by Crippen LogP contribution is -2.16.